The molecule has 2 heterocycles. The van der Waals surface area contributed by atoms with Crippen molar-refractivity contribution in [3.05, 3.63) is 17.7 Å². The summed E-state index contributed by atoms with van der Waals surface area (Å²) in [7, 11) is 1.57. The van der Waals surface area contributed by atoms with Gasteiger partial charge in [-0.15, -0.1) is 0 Å². The van der Waals surface area contributed by atoms with E-state index in [2.05, 4.69) is 17.2 Å². The summed E-state index contributed by atoms with van der Waals surface area (Å²) < 4.78 is 26.8. The third kappa shape index (κ3) is 1.94. The fourth-order valence-electron chi connectivity index (χ4n) is 1.98. The second kappa shape index (κ2) is 4.23. The Hall–Kier alpha value is -1.39. The van der Waals surface area contributed by atoms with Crippen molar-refractivity contribution < 1.29 is 8.78 Å². The van der Waals surface area contributed by atoms with Crippen molar-refractivity contribution in [3.63, 3.8) is 0 Å². The second-order valence-electron chi connectivity index (χ2n) is 4.21. The summed E-state index contributed by atoms with van der Waals surface area (Å²) in [4.78, 5) is 5.83. The van der Waals surface area contributed by atoms with E-state index in [0.29, 0.717) is 5.92 Å². The average Bonchev–Trinajstić information content (AvgIpc) is 2.65. The largest absolute Gasteiger partial charge is 0.371 e. The van der Waals surface area contributed by atoms with Crippen LogP contribution in [0.15, 0.2) is 6.07 Å². The number of hydrogen-bond acceptors (Lipinski definition) is 3. The Balaban J connectivity index is 2.33. The molecule has 1 aromatic rings. The third-order valence-electron chi connectivity index (χ3n) is 2.87. The normalized spacial score (nSPS) is 20.2. The predicted molar refractivity (Wildman–Crippen MR) is 59.7 cm³/mol. The molecule has 0 aromatic carbocycles. The summed E-state index contributed by atoms with van der Waals surface area (Å²) in [5.41, 5.74) is 0. The highest BCUT2D eigenvalue weighted by molar-refractivity contribution is 5.49. The van der Waals surface area contributed by atoms with Crippen molar-refractivity contribution >= 4 is 11.6 Å². The Bertz CT molecular complexity index is 395. The summed E-state index contributed by atoms with van der Waals surface area (Å²) in [6, 6.07) is 0.886. The molecule has 0 aliphatic carbocycles. The first-order valence-corrected chi connectivity index (χ1v) is 5.40. The van der Waals surface area contributed by atoms with Crippen LogP contribution in [0.4, 0.5) is 20.4 Å². The Labute approximate surface area is 93.5 Å². The summed E-state index contributed by atoms with van der Waals surface area (Å²) >= 11 is 0. The third-order valence-corrected chi connectivity index (χ3v) is 2.87. The van der Waals surface area contributed by atoms with Gasteiger partial charge in [0.25, 0.3) is 0 Å². The highest BCUT2D eigenvalue weighted by Crippen LogP contribution is 2.26. The fraction of sp³-hybridized carbons (Fsp3) is 0.545. The van der Waals surface area contributed by atoms with E-state index < -0.39 is 11.6 Å². The molecule has 2 rings (SSSR count). The molecule has 1 unspecified atom stereocenters. The van der Waals surface area contributed by atoms with Gasteiger partial charge in [0, 0.05) is 26.2 Å². The Morgan fingerprint density at radius 1 is 1.44 bits per heavy atom. The molecule has 1 saturated heterocycles. The van der Waals surface area contributed by atoms with Crippen molar-refractivity contribution in [2.45, 2.75) is 13.3 Å². The lowest BCUT2D eigenvalue weighted by atomic mass is 10.2. The molecule has 3 nitrogen and oxygen atoms in total. The molecule has 1 aliphatic rings. The molecule has 0 amide bonds. The molecule has 0 radical (unpaired) electrons. The molecule has 88 valence electrons. The molecule has 5 heteroatoms. The van der Waals surface area contributed by atoms with Gasteiger partial charge in [0.2, 0.25) is 0 Å². The average molecular weight is 227 g/mol. The molecular weight excluding hydrogens is 212 g/mol. The maximum atomic E-state index is 13.6. The minimum atomic E-state index is -0.656. The van der Waals surface area contributed by atoms with Gasteiger partial charge >= 0.3 is 0 Å². The minimum Gasteiger partial charge on any atom is -0.371 e. The van der Waals surface area contributed by atoms with Crippen LogP contribution >= 0.6 is 0 Å². The van der Waals surface area contributed by atoms with Crippen LogP contribution in [0.1, 0.15) is 13.3 Å². The number of aromatic nitrogens is 1. The van der Waals surface area contributed by atoms with Crippen molar-refractivity contribution in [3.8, 4) is 0 Å². The van der Waals surface area contributed by atoms with Gasteiger partial charge in [-0.05, 0) is 12.3 Å². The van der Waals surface area contributed by atoms with Gasteiger partial charge in [0.15, 0.2) is 23.3 Å². The van der Waals surface area contributed by atoms with Crippen molar-refractivity contribution in [2.75, 3.05) is 30.4 Å². The van der Waals surface area contributed by atoms with E-state index in [1.165, 1.54) is 0 Å². The standard InChI is InChI=1S/C11H15F2N3/c1-7-3-4-16(6-7)11-9(13)5-8(12)10(14-2)15-11/h5,7H,3-4,6H2,1-2H3,(H,14,15). The molecule has 1 aromatic heterocycles. The van der Waals surface area contributed by atoms with E-state index in [1.54, 1.807) is 7.05 Å². The Morgan fingerprint density at radius 3 is 2.75 bits per heavy atom. The lowest BCUT2D eigenvalue weighted by molar-refractivity contribution is 0.572. The van der Waals surface area contributed by atoms with Crippen LogP contribution in [0.25, 0.3) is 0 Å². The number of halogens is 2. The molecule has 0 bridgehead atoms. The van der Waals surface area contributed by atoms with Gasteiger partial charge in [-0.25, -0.2) is 13.8 Å². The van der Waals surface area contributed by atoms with E-state index >= 15 is 0 Å². The first kappa shape index (κ1) is 11.1. The van der Waals surface area contributed by atoms with E-state index in [9.17, 15) is 8.78 Å². The van der Waals surface area contributed by atoms with Crippen molar-refractivity contribution in [2.24, 2.45) is 5.92 Å². The van der Waals surface area contributed by atoms with E-state index in [4.69, 9.17) is 0 Å². The number of rotatable bonds is 2. The molecule has 1 aliphatic heterocycles. The predicted octanol–water partition coefficient (Wildman–Crippen LogP) is 2.25. The van der Waals surface area contributed by atoms with Gasteiger partial charge in [-0.3, -0.25) is 0 Å². The highest BCUT2D eigenvalue weighted by Gasteiger charge is 2.23. The lowest BCUT2D eigenvalue weighted by Crippen LogP contribution is -2.22. The molecule has 1 fully saturated rings. The van der Waals surface area contributed by atoms with Crippen LogP contribution in [-0.2, 0) is 0 Å². The van der Waals surface area contributed by atoms with Gasteiger partial charge < -0.3 is 10.2 Å². The SMILES string of the molecule is CNc1nc(N2CCC(C)C2)c(F)cc1F. The highest BCUT2D eigenvalue weighted by atomic mass is 19.1. The van der Waals surface area contributed by atoms with Crippen LogP contribution in [0.2, 0.25) is 0 Å². The molecule has 16 heavy (non-hydrogen) atoms. The Morgan fingerprint density at radius 2 is 2.19 bits per heavy atom. The van der Waals surface area contributed by atoms with E-state index in [-0.39, 0.29) is 11.6 Å². The minimum absolute atomic E-state index is 0.0935. The van der Waals surface area contributed by atoms with Gasteiger partial charge in [0.1, 0.15) is 0 Å². The number of nitrogens with zero attached hydrogens (tertiary/aromatic N) is 2. The topological polar surface area (TPSA) is 28.2 Å². The molecule has 0 spiro atoms. The van der Waals surface area contributed by atoms with Gasteiger partial charge in [-0.2, -0.15) is 0 Å². The zero-order chi connectivity index (χ0) is 11.7. The fourth-order valence-corrected chi connectivity index (χ4v) is 1.98. The summed E-state index contributed by atoms with van der Waals surface area (Å²) in [5.74, 6) is -0.378. The summed E-state index contributed by atoms with van der Waals surface area (Å²) in [6.07, 6.45) is 1.02. The number of hydrogen-bond donors (Lipinski definition) is 1. The van der Waals surface area contributed by atoms with Gasteiger partial charge in [0.05, 0.1) is 0 Å². The zero-order valence-corrected chi connectivity index (χ0v) is 9.43. The summed E-state index contributed by atoms with van der Waals surface area (Å²) in [5, 5.41) is 2.62. The van der Waals surface area contributed by atoms with Crippen LogP contribution in [0.5, 0.6) is 0 Å². The molecule has 1 N–H and O–H groups in total. The van der Waals surface area contributed by atoms with E-state index in [0.717, 1.165) is 25.6 Å². The molecular formula is C11H15F2N3. The number of anilines is 2. The van der Waals surface area contributed by atoms with Crippen molar-refractivity contribution in [1.29, 1.82) is 0 Å². The van der Waals surface area contributed by atoms with Crippen LogP contribution in [0.3, 0.4) is 0 Å². The van der Waals surface area contributed by atoms with Gasteiger partial charge in [-0.1, -0.05) is 6.92 Å². The van der Waals surface area contributed by atoms with Crippen LogP contribution < -0.4 is 10.2 Å². The van der Waals surface area contributed by atoms with Crippen LogP contribution in [0, 0.1) is 17.6 Å². The maximum Gasteiger partial charge on any atom is 0.168 e. The second-order valence-corrected chi connectivity index (χ2v) is 4.21. The lowest BCUT2D eigenvalue weighted by Gasteiger charge is -2.18. The maximum absolute atomic E-state index is 13.6. The first-order valence-electron chi connectivity index (χ1n) is 5.40. The smallest absolute Gasteiger partial charge is 0.168 e. The van der Waals surface area contributed by atoms with Crippen molar-refractivity contribution in [1.82, 2.24) is 4.98 Å². The zero-order valence-electron chi connectivity index (χ0n) is 9.43. The van der Waals surface area contributed by atoms with Crippen LogP contribution in [-0.4, -0.2) is 25.1 Å². The quantitative estimate of drug-likeness (QED) is 0.840. The number of nitrogens with one attached hydrogen (secondary N) is 1. The molecule has 0 saturated carbocycles. The number of pyridine rings is 1. The molecule has 1 atom stereocenters. The van der Waals surface area contributed by atoms with E-state index in [1.807, 2.05) is 4.90 Å². The summed E-state index contributed by atoms with van der Waals surface area (Å²) in [6.45, 7) is 3.67. The Kier molecular flexibility index (Phi) is 2.94. The first-order chi connectivity index (χ1) is 7.61. The monoisotopic (exact) mass is 227 g/mol.